The molecule has 0 saturated heterocycles. The van der Waals surface area contributed by atoms with E-state index in [0.717, 1.165) is 11.4 Å². The minimum Gasteiger partial charge on any atom is -0.309 e. The van der Waals surface area contributed by atoms with Crippen LogP contribution in [0.3, 0.4) is 0 Å². The van der Waals surface area contributed by atoms with Gasteiger partial charge in [0.2, 0.25) is 0 Å². The summed E-state index contributed by atoms with van der Waals surface area (Å²) in [5.74, 6) is 0. The van der Waals surface area contributed by atoms with Crippen molar-refractivity contribution in [1.82, 2.24) is 0 Å². The molecular formula is C58H43N. The van der Waals surface area contributed by atoms with Crippen molar-refractivity contribution in [2.45, 2.75) is 24.7 Å². The molecule has 1 unspecified atom stereocenters. The Labute approximate surface area is 347 Å². The molecule has 2 aliphatic carbocycles. The Morgan fingerprint density at radius 1 is 0.288 bits per heavy atom. The van der Waals surface area contributed by atoms with E-state index in [0.29, 0.717) is 0 Å². The van der Waals surface area contributed by atoms with Crippen LogP contribution in [0.4, 0.5) is 17.1 Å². The molecule has 0 aromatic heterocycles. The summed E-state index contributed by atoms with van der Waals surface area (Å²) in [5, 5.41) is 0. The Hall–Kier alpha value is -7.22. The van der Waals surface area contributed by atoms with E-state index in [2.05, 4.69) is 243 Å². The lowest BCUT2D eigenvalue weighted by Crippen LogP contribution is -2.41. The Morgan fingerprint density at radius 3 is 1.27 bits per heavy atom. The molecule has 1 spiro atoms. The Balaban J connectivity index is 1.28. The summed E-state index contributed by atoms with van der Waals surface area (Å²) in [5.41, 5.74) is 20.4. The van der Waals surface area contributed by atoms with Crippen molar-refractivity contribution in [3.8, 4) is 44.5 Å². The van der Waals surface area contributed by atoms with E-state index < -0.39 is 5.41 Å². The first-order valence-electron chi connectivity index (χ1n) is 20.7. The predicted octanol–water partition coefficient (Wildman–Crippen LogP) is 15.2. The van der Waals surface area contributed by atoms with Crippen LogP contribution in [0.2, 0.25) is 0 Å². The number of anilines is 3. The number of hydrogen-bond acceptors (Lipinski definition) is 1. The van der Waals surface area contributed by atoms with Gasteiger partial charge >= 0.3 is 0 Å². The third kappa shape index (κ3) is 5.18. The van der Waals surface area contributed by atoms with Gasteiger partial charge in [0, 0.05) is 16.5 Å². The highest BCUT2D eigenvalue weighted by atomic mass is 15.2. The molecule has 11 rings (SSSR count). The summed E-state index contributed by atoms with van der Waals surface area (Å²) in [6, 6.07) is 83.0. The minimum absolute atomic E-state index is 0.371. The van der Waals surface area contributed by atoms with E-state index in [1.807, 2.05) is 0 Å². The normalized spacial score (nSPS) is 15.5. The molecule has 0 heterocycles. The van der Waals surface area contributed by atoms with Crippen LogP contribution in [0.15, 0.2) is 224 Å². The smallest absolute Gasteiger partial charge is 0.0720 e. The first kappa shape index (κ1) is 35.0. The molecule has 0 fully saturated rings. The summed E-state index contributed by atoms with van der Waals surface area (Å²) in [6.45, 7) is 4.88. The van der Waals surface area contributed by atoms with Crippen LogP contribution in [0.1, 0.15) is 47.2 Å². The van der Waals surface area contributed by atoms with Gasteiger partial charge in [0.05, 0.1) is 22.5 Å². The number of nitrogens with zero attached hydrogens (tertiary/aromatic N) is 1. The van der Waals surface area contributed by atoms with E-state index in [1.165, 1.54) is 83.6 Å². The third-order valence-corrected chi connectivity index (χ3v) is 12.9. The Bertz CT molecular complexity index is 2930. The van der Waals surface area contributed by atoms with Crippen molar-refractivity contribution in [1.29, 1.82) is 0 Å². The largest absolute Gasteiger partial charge is 0.309 e. The van der Waals surface area contributed by atoms with Crippen LogP contribution in [-0.2, 0) is 10.8 Å². The average molecular weight is 754 g/mol. The summed E-state index contributed by atoms with van der Waals surface area (Å²) >= 11 is 0. The van der Waals surface area contributed by atoms with Gasteiger partial charge in [-0.05, 0) is 85.0 Å². The zero-order chi connectivity index (χ0) is 39.6. The monoisotopic (exact) mass is 753 g/mol. The fourth-order valence-corrected chi connectivity index (χ4v) is 10.5. The van der Waals surface area contributed by atoms with E-state index in [-0.39, 0.29) is 5.41 Å². The van der Waals surface area contributed by atoms with Crippen LogP contribution in [-0.4, -0.2) is 0 Å². The second-order valence-electron chi connectivity index (χ2n) is 16.4. The molecule has 0 aliphatic heterocycles. The topological polar surface area (TPSA) is 3.24 Å². The van der Waals surface area contributed by atoms with E-state index in [9.17, 15) is 0 Å². The Kier molecular flexibility index (Phi) is 8.13. The van der Waals surface area contributed by atoms with Crippen molar-refractivity contribution in [3.63, 3.8) is 0 Å². The maximum Gasteiger partial charge on any atom is 0.0720 e. The minimum atomic E-state index is -0.558. The van der Waals surface area contributed by atoms with Crippen molar-refractivity contribution in [2.75, 3.05) is 4.90 Å². The molecule has 1 nitrogen and oxygen atoms in total. The molecule has 0 radical (unpaired) electrons. The highest BCUT2D eigenvalue weighted by molar-refractivity contribution is 5.99. The molecule has 0 amide bonds. The van der Waals surface area contributed by atoms with Crippen LogP contribution in [0.5, 0.6) is 0 Å². The highest BCUT2D eigenvalue weighted by Gasteiger charge is 2.54. The molecule has 280 valence electrons. The first-order valence-corrected chi connectivity index (χ1v) is 20.7. The second-order valence-corrected chi connectivity index (χ2v) is 16.4. The first-order chi connectivity index (χ1) is 29.1. The summed E-state index contributed by atoms with van der Waals surface area (Å²) in [4.78, 5) is 2.56. The van der Waals surface area contributed by atoms with Gasteiger partial charge in [0.1, 0.15) is 0 Å². The van der Waals surface area contributed by atoms with Crippen LogP contribution in [0, 0.1) is 0 Å². The zero-order valence-electron chi connectivity index (χ0n) is 33.3. The maximum atomic E-state index is 2.56. The number of fused-ring (bicyclic) bond motifs is 9. The molecule has 2 aliphatic rings. The van der Waals surface area contributed by atoms with Gasteiger partial charge in [0.15, 0.2) is 0 Å². The summed E-state index contributed by atoms with van der Waals surface area (Å²) < 4.78 is 0. The number of rotatable bonds is 6. The van der Waals surface area contributed by atoms with E-state index in [1.54, 1.807) is 0 Å². The SMILES string of the molecule is CC1(C)c2ccccc2C2(c3ccccc3-c3c(-c4ccccc4)cccc32)c2cccc(N(c3ccccc3-c3ccccc3)c3ccccc3-c3ccccc3)c21. The predicted molar refractivity (Wildman–Crippen MR) is 247 cm³/mol. The Morgan fingerprint density at radius 2 is 0.678 bits per heavy atom. The molecule has 0 bridgehead atoms. The standard InChI is InChI=1S/C58H43N/c1-57(2)48-33-16-17-34-49(48)58(47-32-15-12-30-46(47)55-45(31-20-35-50(55)58)42-26-10-5-11-27-42)51-36-21-39-54(56(51)57)59(52-37-18-13-28-43(52)40-22-6-3-7-23-40)53-38-19-14-29-44(53)41-24-8-4-9-25-41/h3-39H,1-2H3. The summed E-state index contributed by atoms with van der Waals surface area (Å²) in [7, 11) is 0. The maximum absolute atomic E-state index is 2.56. The van der Waals surface area contributed by atoms with Crippen LogP contribution < -0.4 is 4.90 Å². The fraction of sp³-hybridized carbons (Fsp3) is 0.0690. The van der Waals surface area contributed by atoms with Gasteiger partial charge < -0.3 is 4.90 Å². The van der Waals surface area contributed by atoms with Crippen molar-refractivity contribution in [2.24, 2.45) is 0 Å². The lowest BCUT2D eigenvalue weighted by molar-refractivity contribution is 0.564. The molecule has 0 saturated carbocycles. The third-order valence-electron chi connectivity index (χ3n) is 12.9. The molecule has 59 heavy (non-hydrogen) atoms. The van der Waals surface area contributed by atoms with Gasteiger partial charge in [-0.15, -0.1) is 0 Å². The molecule has 9 aromatic rings. The zero-order valence-corrected chi connectivity index (χ0v) is 33.3. The lowest BCUT2D eigenvalue weighted by Gasteiger charge is -2.48. The van der Waals surface area contributed by atoms with Gasteiger partial charge in [0.25, 0.3) is 0 Å². The molecule has 1 atom stereocenters. The lowest BCUT2D eigenvalue weighted by atomic mass is 9.55. The van der Waals surface area contributed by atoms with Crippen molar-refractivity contribution >= 4 is 17.1 Å². The van der Waals surface area contributed by atoms with Crippen LogP contribution in [0.25, 0.3) is 44.5 Å². The number of benzene rings is 9. The van der Waals surface area contributed by atoms with Gasteiger partial charge in [-0.3, -0.25) is 0 Å². The molecule has 0 N–H and O–H groups in total. The van der Waals surface area contributed by atoms with E-state index >= 15 is 0 Å². The fourth-order valence-electron chi connectivity index (χ4n) is 10.5. The van der Waals surface area contributed by atoms with Gasteiger partial charge in [-0.2, -0.15) is 0 Å². The molecule has 9 aromatic carbocycles. The highest BCUT2D eigenvalue weighted by Crippen LogP contribution is 2.65. The van der Waals surface area contributed by atoms with Gasteiger partial charge in [-0.25, -0.2) is 0 Å². The molecular weight excluding hydrogens is 711 g/mol. The number of hydrogen-bond donors (Lipinski definition) is 0. The van der Waals surface area contributed by atoms with E-state index in [4.69, 9.17) is 0 Å². The van der Waals surface area contributed by atoms with Gasteiger partial charge in [-0.1, -0.05) is 220 Å². The van der Waals surface area contributed by atoms with Crippen LogP contribution >= 0.6 is 0 Å². The summed E-state index contributed by atoms with van der Waals surface area (Å²) in [6.07, 6.45) is 0. The average Bonchev–Trinajstić information content (AvgIpc) is 3.61. The molecule has 1 heteroatoms. The number of para-hydroxylation sites is 2. The second kappa shape index (κ2) is 13.7. The van der Waals surface area contributed by atoms with Crippen molar-refractivity contribution < 1.29 is 0 Å². The van der Waals surface area contributed by atoms with Crippen molar-refractivity contribution in [3.05, 3.63) is 258 Å². The quantitative estimate of drug-likeness (QED) is 0.163.